The fourth-order valence-corrected chi connectivity index (χ4v) is 6.19. The summed E-state index contributed by atoms with van der Waals surface area (Å²) < 4.78 is 16.6. The van der Waals surface area contributed by atoms with Crippen LogP contribution in [0.2, 0.25) is 0 Å². The number of carbonyl (C=O) groups excluding carboxylic acids is 3. The van der Waals surface area contributed by atoms with E-state index < -0.39 is 6.10 Å². The number of rotatable bonds is 37. The first-order chi connectivity index (χ1) is 23.8. The number of esters is 3. The second kappa shape index (κ2) is 36.2. The largest absolute Gasteiger partial charge is 0.462 e. The Bertz CT molecular complexity index is 751. The summed E-state index contributed by atoms with van der Waals surface area (Å²) in [6, 6.07) is 0. The van der Waals surface area contributed by atoms with Gasteiger partial charge >= 0.3 is 17.9 Å². The highest BCUT2D eigenvalue weighted by molar-refractivity contribution is 5.71. The molecule has 49 heavy (non-hydrogen) atoms. The van der Waals surface area contributed by atoms with Crippen molar-refractivity contribution >= 4 is 17.9 Å². The summed E-state index contributed by atoms with van der Waals surface area (Å²) in [4.78, 5) is 37.5. The van der Waals surface area contributed by atoms with Gasteiger partial charge in [0.15, 0.2) is 6.10 Å². The molecule has 2 atom stereocenters. The van der Waals surface area contributed by atoms with Gasteiger partial charge in [0, 0.05) is 19.3 Å². The number of ether oxygens (including phenoxy) is 3. The van der Waals surface area contributed by atoms with Crippen molar-refractivity contribution in [2.75, 3.05) is 13.2 Å². The van der Waals surface area contributed by atoms with E-state index in [9.17, 15) is 14.4 Å². The molecule has 0 saturated heterocycles. The molecule has 0 saturated carbocycles. The second-order valence-corrected chi connectivity index (χ2v) is 15.3. The lowest BCUT2D eigenvalue weighted by molar-refractivity contribution is -0.167. The lowest BCUT2D eigenvalue weighted by atomic mass is 9.99. The van der Waals surface area contributed by atoms with Crippen LogP contribution in [0.1, 0.15) is 227 Å². The molecular formula is C43H82O6. The molecular weight excluding hydrogens is 612 g/mol. The molecule has 0 rings (SSSR count). The smallest absolute Gasteiger partial charge is 0.306 e. The van der Waals surface area contributed by atoms with E-state index >= 15 is 0 Å². The summed E-state index contributed by atoms with van der Waals surface area (Å²) in [6.45, 7) is 11.3. The maximum absolute atomic E-state index is 12.6. The van der Waals surface area contributed by atoms with E-state index in [4.69, 9.17) is 14.2 Å². The van der Waals surface area contributed by atoms with Crippen LogP contribution < -0.4 is 0 Å². The fourth-order valence-electron chi connectivity index (χ4n) is 6.19. The van der Waals surface area contributed by atoms with E-state index in [0.29, 0.717) is 19.3 Å². The van der Waals surface area contributed by atoms with E-state index in [0.717, 1.165) is 69.6 Å². The topological polar surface area (TPSA) is 78.9 Å². The number of hydrogen-bond acceptors (Lipinski definition) is 6. The van der Waals surface area contributed by atoms with Crippen molar-refractivity contribution in [1.82, 2.24) is 0 Å². The Morgan fingerprint density at radius 3 is 1.16 bits per heavy atom. The Morgan fingerprint density at radius 2 is 0.776 bits per heavy atom. The Labute approximate surface area is 304 Å². The molecule has 0 aliphatic heterocycles. The predicted octanol–water partition coefficient (Wildman–Crippen LogP) is 13.0. The Morgan fingerprint density at radius 1 is 0.429 bits per heavy atom. The fraction of sp³-hybridized carbons (Fsp3) is 0.930. The van der Waals surface area contributed by atoms with Crippen LogP contribution in [0.5, 0.6) is 0 Å². The van der Waals surface area contributed by atoms with Gasteiger partial charge in [-0.15, -0.1) is 0 Å². The minimum atomic E-state index is -0.759. The SMILES string of the molecule is CCCCCCCCCC(=O)O[C@@H](COC(=O)CCCCCCCCCCCC(C)C)COC(=O)CCCCCCCCCCC(C)CC. The zero-order valence-electron chi connectivity index (χ0n) is 33.3. The monoisotopic (exact) mass is 695 g/mol. The van der Waals surface area contributed by atoms with Crippen molar-refractivity contribution < 1.29 is 28.6 Å². The molecule has 0 spiro atoms. The summed E-state index contributed by atoms with van der Waals surface area (Å²) in [5.74, 6) is 0.786. The molecule has 0 aromatic carbocycles. The van der Waals surface area contributed by atoms with Crippen LogP contribution in [0.4, 0.5) is 0 Å². The van der Waals surface area contributed by atoms with Gasteiger partial charge in [-0.1, -0.05) is 189 Å². The highest BCUT2D eigenvalue weighted by atomic mass is 16.6. The Hall–Kier alpha value is -1.59. The third-order valence-corrected chi connectivity index (χ3v) is 9.83. The normalized spacial score (nSPS) is 12.6. The molecule has 0 radical (unpaired) electrons. The Kier molecular flexibility index (Phi) is 35.0. The molecule has 0 aliphatic rings. The van der Waals surface area contributed by atoms with Crippen molar-refractivity contribution in [3.05, 3.63) is 0 Å². The molecule has 6 heteroatoms. The third-order valence-electron chi connectivity index (χ3n) is 9.83. The number of unbranched alkanes of at least 4 members (excludes halogenated alkanes) is 21. The van der Waals surface area contributed by atoms with Gasteiger partial charge in [0.05, 0.1) is 0 Å². The highest BCUT2D eigenvalue weighted by Gasteiger charge is 2.19. The molecule has 1 unspecified atom stereocenters. The van der Waals surface area contributed by atoms with Gasteiger partial charge in [-0.3, -0.25) is 14.4 Å². The van der Waals surface area contributed by atoms with Gasteiger partial charge in [-0.2, -0.15) is 0 Å². The van der Waals surface area contributed by atoms with E-state index in [2.05, 4.69) is 34.6 Å². The van der Waals surface area contributed by atoms with Crippen LogP contribution in [-0.2, 0) is 28.6 Å². The van der Waals surface area contributed by atoms with Crippen molar-refractivity contribution in [2.24, 2.45) is 11.8 Å². The summed E-state index contributed by atoms with van der Waals surface area (Å²) in [6.07, 6.45) is 32.4. The zero-order chi connectivity index (χ0) is 36.2. The predicted molar refractivity (Wildman–Crippen MR) is 206 cm³/mol. The third kappa shape index (κ3) is 36.0. The molecule has 0 aliphatic carbocycles. The lowest BCUT2D eigenvalue weighted by Gasteiger charge is -2.18. The zero-order valence-corrected chi connectivity index (χ0v) is 33.3. The average Bonchev–Trinajstić information content (AvgIpc) is 3.08. The minimum absolute atomic E-state index is 0.0664. The quantitative estimate of drug-likeness (QED) is 0.0366. The number of hydrogen-bond donors (Lipinski definition) is 0. The maximum atomic E-state index is 12.6. The van der Waals surface area contributed by atoms with E-state index in [-0.39, 0.29) is 31.1 Å². The van der Waals surface area contributed by atoms with Crippen molar-refractivity contribution in [2.45, 2.75) is 233 Å². The van der Waals surface area contributed by atoms with E-state index in [1.54, 1.807) is 0 Å². The molecule has 290 valence electrons. The number of carbonyl (C=O) groups is 3. The lowest BCUT2D eigenvalue weighted by Crippen LogP contribution is -2.30. The molecule has 0 aromatic heterocycles. The van der Waals surface area contributed by atoms with Crippen LogP contribution >= 0.6 is 0 Å². The van der Waals surface area contributed by atoms with Crippen LogP contribution in [0.15, 0.2) is 0 Å². The van der Waals surface area contributed by atoms with Gasteiger partial charge < -0.3 is 14.2 Å². The summed E-state index contributed by atoms with van der Waals surface area (Å²) in [7, 11) is 0. The minimum Gasteiger partial charge on any atom is -0.462 e. The van der Waals surface area contributed by atoms with Gasteiger partial charge in [0.1, 0.15) is 13.2 Å². The first kappa shape index (κ1) is 47.4. The average molecular weight is 695 g/mol. The maximum Gasteiger partial charge on any atom is 0.306 e. The van der Waals surface area contributed by atoms with Crippen molar-refractivity contribution in [3.8, 4) is 0 Å². The molecule has 0 bridgehead atoms. The van der Waals surface area contributed by atoms with Gasteiger partial charge in [0.25, 0.3) is 0 Å². The van der Waals surface area contributed by atoms with Crippen LogP contribution in [0.3, 0.4) is 0 Å². The molecule has 0 N–H and O–H groups in total. The van der Waals surface area contributed by atoms with Gasteiger partial charge in [-0.25, -0.2) is 0 Å². The van der Waals surface area contributed by atoms with E-state index in [1.807, 2.05) is 0 Å². The van der Waals surface area contributed by atoms with Crippen molar-refractivity contribution in [3.63, 3.8) is 0 Å². The van der Waals surface area contributed by atoms with Gasteiger partial charge in [0.2, 0.25) is 0 Å². The molecule has 0 heterocycles. The van der Waals surface area contributed by atoms with Gasteiger partial charge in [-0.05, 0) is 31.1 Å². The summed E-state index contributed by atoms with van der Waals surface area (Å²) in [5.41, 5.74) is 0. The highest BCUT2D eigenvalue weighted by Crippen LogP contribution is 2.16. The standard InChI is InChI=1S/C43H82O6/c1-6-8-9-10-16-25-30-35-43(46)49-40(36-47-41(44)33-28-23-19-13-11-12-17-21-26-31-38(3)4)37-48-42(45)34-29-24-20-15-14-18-22-27-32-39(5)7-2/h38-40H,6-37H2,1-5H3/t39?,40-/m0/s1. The molecule has 0 fully saturated rings. The molecule has 6 nitrogen and oxygen atoms in total. The first-order valence-corrected chi connectivity index (χ1v) is 21.3. The van der Waals surface area contributed by atoms with Crippen LogP contribution in [0.25, 0.3) is 0 Å². The molecule has 0 amide bonds. The molecule has 0 aromatic rings. The van der Waals surface area contributed by atoms with Crippen LogP contribution in [-0.4, -0.2) is 37.2 Å². The van der Waals surface area contributed by atoms with Crippen molar-refractivity contribution in [1.29, 1.82) is 0 Å². The first-order valence-electron chi connectivity index (χ1n) is 21.3. The van der Waals surface area contributed by atoms with Crippen LogP contribution in [0, 0.1) is 11.8 Å². The Balaban J connectivity index is 4.29. The van der Waals surface area contributed by atoms with E-state index in [1.165, 1.54) is 116 Å². The summed E-state index contributed by atoms with van der Waals surface area (Å²) in [5, 5.41) is 0. The second-order valence-electron chi connectivity index (χ2n) is 15.3. The summed E-state index contributed by atoms with van der Waals surface area (Å²) >= 11 is 0.